The molecule has 0 unspecified atom stereocenters. The normalized spacial score (nSPS) is 18.1. The summed E-state index contributed by atoms with van der Waals surface area (Å²) >= 11 is 0. The van der Waals surface area contributed by atoms with Crippen LogP contribution >= 0.6 is 0 Å². The molecular weight excluding hydrogens is 266 g/mol. The second-order valence-electron chi connectivity index (χ2n) is 4.49. The second-order valence-corrected chi connectivity index (χ2v) is 6.80. The fourth-order valence-electron chi connectivity index (χ4n) is 2.09. The lowest BCUT2D eigenvalue weighted by Gasteiger charge is -2.30. The number of hydrogen-bond acceptors (Lipinski definition) is 5. The maximum atomic E-state index is 11.8. The van der Waals surface area contributed by atoms with Crippen molar-refractivity contribution < 1.29 is 13.2 Å². The number of hydrogen-bond donors (Lipinski definition) is 2. The van der Waals surface area contributed by atoms with Crippen LogP contribution in [0, 0.1) is 0 Å². The van der Waals surface area contributed by atoms with E-state index in [9.17, 15) is 13.2 Å². The number of sulfone groups is 1. The van der Waals surface area contributed by atoms with Crippen LogP contribution in [0.1, 0.15) is 10.4 Å². The first-order valence-electron chi connectivity index (χ1n) is 6.00. The van der Waals surface area contributed by atoms with Gasteiger partial charge in [0.1, 0.15) is 0 Å². The highest BCUT2D eigenvalue weighted by atomic mass is 32.2. The van der Waals surface area contributed by atoms with E-state index in [-0.39, 0.29) is 17.4 Å². The highest BCUT2D eigenvalue weighted by molar-refractivity contribution is 7.91. The average Bonchev–Trinajstić information content (AvgIpc) is 2.38. The van der Waals surface area contributed by atoms with Gasteiger partial charge < -0.3 is 16.0 Å². The van der Waals surface area contributed by atoms with Crippen molar-refractivity contribution in [2.75, 3.05) is 42.3 Å². The van der Waals surface area contributed by atoms with Crippen molar-refractivity contribution >= 4 is 27.1 Å². The molecule has 19 heavy (non-hydrogen) atoms. The Hall–Kier alpha value is -1.76. The van der Waals surface area contributed by atoms with Crippen LogP contribution in [-0.2, 0) is 9.84 Å². The topological polar surface area (TPSA) is 92.5 Å². The molecule has 1 saturated heterocycles. The molecule has 1 amide bonds. The second kappa shape index (κ2) is 5.08. The summed E-state index contributed by atoms with van der Waals surface area (Å²) in [6, 6.07) is 5.03. The van der Waals surface area contributed by atoms with Crippen LogP contribution in [0.5, 0.6) is 0 Å². The Morgan fingerprint density at radius 3 is 2.53 bits per heavy atom. The number of rotatable bonds is 2. The zero-order valence-corrected chi connectivity index (χ0v) is 11.5. The van der Waals surface area contributed by atoms with Crippen LogP contribution in [0.2, 0.25) is 0 Å². The van der Waals surface area contributed by atoms with Gasteiger partial charge in [0.25, 0.3) is 5.91 Å². The smallest absolute Gasteiger partial charge is 0.253 e. The minimum absolute atomic E-state index is 0.106. The monoisotopic (exact) mass is 283 g/mol. The van der Waals surface area contributed by atoms with Crippen molar-refractivity contribution in [3.05, 3.63) is 23.8 Å². The number of nitrogens with zero attached hydrogens (tertiary/aromatic N) is 1. The molecule has 0 bridgehead atoms. The fraction of sp³-hybridized carbons (Fsp3) is 0.417. The van der Waals surface area contributed by atoms with Gasteiger partial charge in [-0.1, -0.05) is 0 Å². The first kappa shape index (κ1) is 13.7. The molecule has 7 heteroatoms. The highest BCUT2D eigenvalue weighted by Gasteiger charge is 2.24. The third kappa shape index (κ3) is 2.98. The van der Waals surface area contributed by atoms with Crippen LogP contribution in [0.4, 0.5) is 11.4 Å². The van der Waals surface area contributed by atoms with E-state index in [0.29, 0.717) is 30.0 Å². The van der Waals surface area contributed by atoms with Crippen molar-refractivity contribution in [1.29, 1.82) is 0 Å². The summed E-state index contributed by atoms with van der Waals surface area (Å²) < 4.78 is 22.9. The molecule has 1 aliphatic rings. The van der Waals surface area contributed by atoms with Gasteiger partial charge in [-0.25, -0.2) is 8.42 Å². The van der Waals surface area contributed by atoms with Gasteiger partial charge in [0, 0.05) is 25.8 Å². The minimum atomic E-state index is -2.95. The van der Waals surface area contributed by atoms with Gasteiger partial charge in [0.05, 0.1) is 22.8 Å². The minimum Gasteiger partial charge on any atom is -0.399 e. The fourth-order valence-corrected chi connectivity index (χ4v) is 3.29. The lowest BCUT2D eigenvalue weighted by molar-refractivity contribution is 0.0963. The zero-order valence-electron chi connectivity index (χ0n) is 10.7. The average molecular weight is 283 g/mol. The number of nitrogens with one attached hydrogen (secondary N) is 1. The number of nitrogen functional groups attached to an aromatic ring is 1. The summed E-state index contributed by atoms with van der Waals surface area (Å²) in [6.45, 7) is 0.769. The lowest BCUT2D eigenvalue weighted by Crippen LogP contribution is -2.41. The molecule has 0 radical (unpaired) electrons. The van der Waals surface area contributed by atoms with E-state index < -0.39 is 9.84 Å². The Kier molecular flexibility index (Phi) is 3.66. The third-order valence-electron chi connectivity index (χ3n) is 3.18. The predicted molar refractivity (Wildman–Crippen MR) is 75.1 cm³/mol. The molecular formula is C12H17N3O3S. The number of carbonyl (C=O) groups is 1. The van der Waals surface area contributed by atoms with E-state index in [1.807, 2.05) is 4.90 Å². The number of carbonyl (C=O) groups excluding carboxylic acids is 1. The standard InChI is InChI=1S/C12H17N3O3S/c1-14-12(16)10-3-2-9(13)8-11(10)15-4-6-19(17,18)7-5-15/h2-3,8H,4-7,13H2,1H3,(H,14,16). The third-order valence-corrected chi connectivity index (χ3v) is 4.79. The zero-order chi connectivity index (χ0) is 14.0. The van der Waals surface area contributed by atoms with E-state index in [4.69, 9.17) is 5.73 Å². The molecule has 0 atom stereocenters. The molecule has 0 aromatic heterocycles. The van der Waals surface area contributed by atoms with Crippen LogP contribution in [-0.4, -0.2) is 46.0 Å². The number of benzene rings is 1. The van der Waals surface area contributed by atoms with Gasteiger partial charge in [-0.15, -0.1) is 0 Å². The number of nitrogens with two attached hydrogens (primary N) is 1. The first-order valence-corrected chi connectivity index (χ1v) is 7.82. The molecule has 1 aliphatic heterocycles. The molecule has 1 aromatic carbocycles. The van der Waals surface area contributed by atoms with Gasteiger partial charge >= 0.3 is 0 Å². The SMILES string of the molecule is CNC(=O)c1ccc(N)cc1N1CCS(=O)(=O)CC1. The maximum absolute atomic E-state index is 11.8. The van der Waals surface area contributed by atoms with E-state index in [1.165, 1.54) is 0 Å². The molecule has 1 heterocycles. The summed E-state index contributed by atoms with van der Waals surface area (Å²) in [5.74, 6) is 0.00711. The Balaban J connectivity index is 2.33. The van der Waals surface area contributed by atoms with Crippen molar-refractivity contribution in [3.8, 4) is 0 Å². The van der Waals surface area contributed by atoms with E-state index in [2.05, 4.69) is 5.32 Å². The van der Waals surface area contributed by atoms with E-state index in [0.717, 1.165) is 0 Å². The van der Waals surface area contributed by atoms with Crippen LogP contribution < -0.4 is 16.0 Å². The van der Waals surface area contributed by atoms with Crippen molar-refractivity contribution in [2.24, 2.45) is 0 Å². The van der Waals surface area contributed by atoms with E-state index >= 15 is 0 Å². The highest BCUT2D eigenvalue weighted by Crippen LogP contribution is 2.25. The van der Waals surface area contributed by atoms with Gasteiger partial charge in [-0.05, 0) is 18.2 Å². The van der Waals surface area contributed by atoms with Gasteiger partial charge in [-0.3, -0.25) is 4.79 Å². The van der Waals surface area contributed by atoms with Crippen molar-refractivity contribution in [1.82, 2.24) is 5.32 Å². The largest absolute Gasteiger partial charge is 0.399 e. The summed E-state index contributed by atoms with van der Waals surface area (Å²) in [4.78, 5) is 13.7. The first-order chi connectivity index (χ1) is 8.93. The predicted octanol–water partition coefficient (Wildman–Crippen LogP) is -0.137. The molecule has 0 saturated carbocycles. The molecule has 3 N–H and O–H groups in total. The Bertz CT molecular complexity index is 584. The molecule has 0 aliphatic carbocycles. The Morgan fingerprint density at radius 1 is 1.32 bits per heavy atom. The number of anilines is 2. The molecule has 2 rings (SSSR count). The van der Waals surface area contributed by atoms with Gasteiger partial charge in [-0.2, -0.15) is 0 Å². The van der Waals surface area contributed by atoms with Crippen LogP contribution in [0.25, 0.3) is 0 Å². The molecule has 0 spiro atoms. The number of amides is 1. The van der Waals surface area contributed by atoms with Crippen LogP contribution in [0.3, 0.4) is 0 Å². The summed E-state index contributed by atoms with van der Waals surface area (Å²) in [5, 5.41) is 2.57. The summed E-state index contributed by atoms with van der Waals surface area (Å²) in [6.07, 6.45) is 0. The Labute approximate surface area is 112 Å². The van der Waals surface area contributed by atoms with Crippen molar-refractivity contribution in [3.63, 3.8) is 0 Å². The summed E-state index contributed by atoms with van der Waals surface area (Å²) in [5.41, 5.74) is 7.50. The quantitative estimate of drug-likeness (QED) is 0.737. The lowest BCUT2D eigenvalue weighted by atomic mass is 10.1. The molecule has 104 valence electrons. The Morgan fingerprint density at radius 2 is 1.95 bits per heavy atom. The van der Waals surface area contributed by atoms with Gasteiger partial charge in [0.2, 0.25) is 0 Å². The van der Waals surface area contributed by atoms with E-state index in [1.54, 1.807) is 25.2 Å². The van der Waals surface area contributed by atoms with Gasteiger partial charge in [0.15, 0.2) is 9.84 Å². The maximum Gasteiger partial charge on any atom is 0.253 e. The van der Waals surface area contributed by atoms with Crippen molar-refractivity contribution in [2.45, 2.75) is 0 Å². The molecule has 1 aromatic rings. The van der Waals surface area contributed by atoms with Crippen LogP contribution in [0.15, 0.2) is 18.2 Å². The molecule has 1 fully saturated rings. The summed E-state index contributed by atoms with van der Waals surface area (Å²) in [7, 11) is -1.39. The molecule has 6 nitrogen and oxygen atoms in total.